The van der Waals surface area contributed by atoms with Crippen LogP contribution < -0.4 is 5.32 Å². The summed E-state index contributed by atoms with van der Waals surface area (Å²) >= 11 is 0. The second-order valence-electron chi connectivity index (χ2n) is 6.63. The minimum atomic E-state index is 0.808. The predicted octanol–water partition coefficient (Wildman–Crippen LogP) is 2.50. The van der Waals surface area contributed by atoms with Crippen molar-refractivity contribution in [3.05, 3.63) is 0 Å². The largest absolute Gasteiger partial charge is 0.315 e. The highest BCUT2D eigenvalue weighted by Gasteiger charge is 2.40. The van der Waals surface area contributed by atoms with E-state index in [1.807, 2.05) is 0 Å². The second kappa shape index (κ2) is 5.27. The molecule has 0 bridgehead atoms. The Morgan fingerprint density at radius 2 is 1.76 bits per heavy atom. The summed E-state index contributed by atoms with van der Waals surface area (Å²) in [6.45, 7) is 3.84. The first-order chi connectivity index (χ1) is 8.34. The lowest BCUT2D eigenvalue weighted by molar-refractivity contribution is 0.178. The highest BCUT2D eigenvalue weighted by molar-refractivity contribution is 4.92. The molecule has 0 spiro atoms. The summed E-state index contributed by atoms with van der Waals surface area (Å²) in [4.78, 5) is 2.56. The van der Waals surface area contributed by atoms with Crippen molar-refractivity contribution in [1.29, 1.82) is 0 Å². The lowest BCUT2D eigenvalue weighted by Gasteiger charge is -2.33. The van der Waals surface area contributed by atoms with Crippen molar-refractivity contribution in [1.82, 2.24) is 10.2 Å². The molecule has 2 aliphatic carbocycles. The maximum absolute atomic E-state index is 3.79. The van der Waals surface area contributed by atoms with Gasteiger partial charge in [0.1, 0.15) is 0 Å². The fourth-order valence-electron chi connectivity index (χ4n) is 3.59. The summed E-state index contributed by atoms with van der Waals surface area (Å²) in [6.07, 6.45) is 10.3. The highest BCUT2D eigenvalue weighted by atomic mass is 15.2. The van der Waals surface area contributed by atoms with Crippen LogP contribution in [0.5, 0.6) is 0 Å². The van der Waals surface area contributed by atoms with E-state index in [1.54, 1.807) is 0 Å². The monoisotopic (exact) mass is 236 g/mol. The van der Waals surface area contributed by atoms with Gasteiger partial charge in [0.25, 0.3) is 0 Å². The molecule has 0 aromatic rings. The molecule has 3 aliphatic rings. The fraction of sp³-hybridized carbons (Fsp3) is 1.00. The number of rotatable bonds is 6. The van der Waals surface area contributed by atoms with E-state index >= 15 is 0 Å². The third kappa shape index (κ3) is 3.23. The fourth-order valence-corrected chi connectivity index (χ4v) is 3.59. The minimum Gasteiger partial charge on any atom is -0.315 e. The normalized spacial score (nSPS) is 31.1. The van der Waals surface area contributed by atoms with Crippen molar-refractivity contribution in [2.75, 3.05) is 26.7 Å². The summed E-state index contributed by atoms with van der Waals surface area (Å²) in [5.74, 6) is 3.22. The zero-order valence-corrected chi connectivity index (χ0v) is 11.3. The molecule has 1 atom stereocenters. The number of nitrogens with one attached hydrogen (secondary N) is 1. The Morgan fingerprint density at radius 1 is 1.06 bits per heavy atom. The van der Waals surface area contributed by atoms with Gasteiger partial charge in [0.05, 0.1) is 0 Å². The molecule has 2 nitrogen and oxygen atoms in total. The van der Waals surface area contributed by atoms with Crippen molar-refractivity contribution < 1.29 is 0 Å². The number of likely N-dealkylation sites (tertiary alicyclic amines) is 1. The van der Waals surface area contributed by atoms with Crippen LogP contribution >= 0.6 is 0 Å². The maximum atomic E-state index is 3.79. The third-order valence-electron chi connectivity index (χ3n) is 5.14. The zero-order chi connectivity index (χ0) is 11.7. The van der Waals surface area contributed by atoms with Gasteiger partial charge in [0, 0.05) is 12.6 Å². The Kier molecular flexibility index (Phi) is 3.72. The van der Waals surface area contributed by atoms with Crippen LogP contribution in [0.15, 0.2) is 0 Å². The Balaban J connectivity index is 1.38. The first kappa shape index (κ1) is 12.0. The molecule has 0 amide bonds. The van der Waals surface area contributed by atoms with Gasteiger partial charge in [0.15, 0.2) is 0 Å². The van der Waals surface area contributed by atoms with E-state index in [2.05, 4.69) is 17.3 Å². The van der Waals surface area contributed by atoms with Crippen molar-refractivity contribution in [2.45, 2.75) is 51.0 Å². The van der Waals surface area contributed by atoms with Gasteiger partial charge in [-0.1, -0.05) is 6.42 Å². The molecule has 1 N–H and O–H groups in total. The van der Waals surface area contributed by atoms with Gasteiger partial charge in [-0.05, 0) is 76.4 Å². The van der Waals surface area contributed by atoms with Crippen LogP contribution in [0, 0.1) is 17.8 Å². The topological polar surface area (TPSA) is 15.3 Å². The first-order valence-electron chi connectivity index (χ1n) is 7.75. The Hall–Kier alpha value is -0.0800. The molecule has 3 fully saturated rings. The number of likely N-dealkylation sites (N-methyl/N-ethyl adjacent to an activating group) is 1. The molecule has 2 saturated carbocycles. The summed E-state index contributed by atoms with van der Waals surface area (Å²) in [5.41, 5.74) is 0. The quantitative estimate of drug-likeness (QED) is 0.762. The molecule has 1 heterocycles. The van der Waals surface area contributed by atoms with Crippen LogP contribution in [0.2, 0.25) is 0 Å². The van der Waals surface area contributed by atoms with E-state index in [-0.39, 0.29) is 0 Å². The molecule has 1 saturated heterocycles. The predicted molar refractivity (Wildman–Crippen MR) is 72.1 cm³/mol. The average Bonchev–Trinajstić information content (AvgIpc) is 3.18. The zero-order valence-electron chi connectivity index (χ0n) is 11.3. The van der Waals surface area contributed by atoms with Gasteiger partial charge < -0.3 is 10.2 Å². The third-order valence-corrected chi connectivity index (χ3v) is 5.14. The van der Waals surface area contributed by atoms with Crippen LogP contribution in [-0.2, 0) is 0 Å². The molecule has 98 valence electrons. The second-order valence-corrected chi connectivity index (χ2v) is 6.63. The molecule has 17 heavy (non-hydrogen) atoms. The number of nitrogens with zero attached hydrogens (tertiary/aromatic N) is 1. The van der Waals surface area contributed by atoms with Crippen LogP contribution in [0.25, 0.3) is 0 Å². The summed E-state index contributed by atoms with van der Waals surface area (Å²) in [5, 5.41) is 3.79. The van der Waals surface area contributed by atoms with E-state index in [4.69, 9.17) is 0 Å². The van der Waals surface area contributed by atoms with Gasteiger partial charge in [0.2, 0.25) is 0 Å². The molecule has 0 radical (unpaired) electrons. The van der Waals surface area contributed by atoms with Crippen molar-refractivity contribution in [3.63, 3.8) is 0 Å². The minimum absolute atomic E-state index is 0.808. The molecular formula is C15H28N2. The van der Waals surface area contributed by atoms with Gasteiger partial charge in [-0.15, -0.1) is 0 Å². The molecule has 1 unspecified atom stereocenters. The Bertz CT molecular complexity index is 233. The molecule has 2 heteroatoms. The number of hydrogen-bond acceptors (Lipinski definition) is 2. The van der Waals surface area contributed by atoms with Gasteiger partial charge >= 0.3 is 0 Å². The van der Waals surface area contributed by atoms with E-state index in [0.717, 1.165) is 23.8 Å². The van der Waals surface area contributed by atoms with Crippen molar-refractivity contribution in [3.8, 4) is 0 Å². The Morgan fingerprint density at radius 3 is 2.35 bits per heavy atom. The van der Waals surface area contributed by atoms with E-state index < -0.39 is 0 Å². The molecular weight excluding hydrogens is 208 g/mol. The van der Waals surface area contributed by atoms with E-state index in [9.17, 15) is 0 Å². The number of piperidine rings is 1. The molecule has 3 rings (SSSR count). The summed E-state index contributed by atoms with van der Waals surface area (Å²) in [6, 6.07) is 0.808. The summed E-state index contributed by atoms with van der Waals surface area (Å²) < 4.78 is 0. The van der Waals surface area contributed by atoms with Crippen LogP contribution in [-0.4, -0.2) is 37.6 Å². The average molecular weight is 236 g/mol. The Labute approximate surface area is 106 Å². The highest BCUT2D eigenvalue weighted by Crippen LogP contribution is 2.48. The molecule has 0 aromatic heterocycles. The van der Waals surface area contributed by atoms with Crippen LogP contribution in [0.3, 0.4) is 0 Å². The van der Waals surface area contributed by atoms with Crippen molar-refractivity contribution in [2.24, 2.45) is 17.8 Å². The SMILES string of the molecule is CN1CCCCC1CNCC(C1CC1)C1CC1. The molecule has 1 aliphatic heterocycles. The van der Waals surface area contributed by atoms with Crippen LogP contribution in [0.1, 0.15) is 44.9 Å². The van der Waals surface area contributed by atoms with Gasteiger partial charge in [-0.25, -0.2) is 0 Å². The van der Waals surface area contributed by atoms with Crippen LogP contribution in [0.4, 0.5) is 0 Å². The number of hydrogen-bond donors (Lipinski definition) is 1. The standard InChI is InChI=1S/C15H28N2/c1-17-9-3-2-4-14(17)10-16-11-15(12-5-6-12)13-7-8-13/h12-16H,2-11H2,1H3. The first-order valence-corrected chi connectivity index (χ1v) is 7.75. The van der Waals surface area contributed by atoms with E-state index in [1.165, 1.54) is 64.6 Å². The van der Waals surface area contributed by atoms with Gasteiger partial charge in [-0.3, -0.25) is 0 Å². The lowest BCUT2D eigenvalue weighted by atomic mass is 9.97. The summed E-state index contributed by atoms with van der Waals surface area (Å²) in [7, 11) is 2.30. The molecule has 0 aromatic carbocycles. The smallest absolute Gasteiger partial charge is 0.0217 e. The van der Waals surface area contributed by atoms with Gasteiger partial charge in [-0.2, -0.15) is 0 Å². The van der Waals surface area contributed by atoms with E-state index in [0.29, 0.717) is 0 Å². The lowest BCUT2D eigenvalue weighted by Crippen LogP contribution is -2.44. The van der Waals surface area contributed by atoms with Crippen molar-refractivity contribution >= 4 is 0 Å². The maximum Gasteiger partial charge on any atom is 0.0217 e.